The molecule has 0 spiro atoms. The summed E-state index contributed by atoms with van der Waals surface area (Å²) in [5, 5.41) is 7.33. The van der Waals surface area contributed by atoms with E-state index in [9.17, 15) is 0 Å². The molecule has 1 aliphatic heterocycles. The molecule has 1 aromatic rings. The molecule has 0 aromatic carbocycles. The second kappa shape index (κ2) is 3.16. The first-order valence-electron chi connectivity index (χ1n) is 4.47. The minimum atomic E-state index is 0.322. The molecule has 5 heteroatoms. The van der Waals surface area contributed by atoms with Gasteiger partial charge in [0, 0.05) is 12.6 Å². The van der Waals surface area contributed by atoms with E-state index in [4.69, 9.17) is 0 Å². The van der Waals surface area contributed by atoms with Crippen molar-refractivity contribution in [1.29, 1.82) is 0 Å². The first-order valence-corrected chi connectivity index (χ1v) is 4.47. The Hall–Kier alpha value is -1.39. The Morgan fingerprint density at radius 2 is 2.38 bits per heavy atom. The maximum absolute atomic E-state index is 4.30. The summed E-state index contributed by atoms with van der Waals surface area (Å²) in [7, 11) is 0. The summed E-state index contributed by atoms with van der Waals surface area (Å²) in [6, 6.07) is 0.322. The first-order chi connectivity index (χ1) is 6.29. The molecule has 0 bridgehead atoms. The zero-order valence-electron chi connectivity index (χ0n) is 7.86. The van der Waals surface area contributed by atoms with Crippen LogP contribution in [0.15, 0.2) is 11.3 Å². The van der Waals surface area contributed by atoms with Crippen LogP contribution in [0.3, 0.4) is 0 Å². The van der Waals surface area contributed by atoms with Gasteiger partial charge in [0.2, 0.25) is 0 Å². The Morgan fingerprint density at radius 3 is 3.00 bits per heavy atom. The largest absolute Gasteiger partial charge is 0.365 e. The third-order valence-electron chi connectivity index (χ3n) is 1.95. The van der Waals surface area contributed by atoms with Gasteiger partial charge < -0.3 is 5.32 Å². The van der Waals surface area contributed by atoms with Gasteiger partial charge in [0.05, 0.1) is 6.54 Å². The summed E-state index contributed by atoms with van der Waals surface area (Å²) in [6.07, 6.45) is 1.57. The lowest BCUT2D eigenvalue weighted by Crippen LogP contribution is -2.24. The van der Waals surface area contributed by atoms with Gasteiger partial charge in [0.25, 0.3) is 0 Å². The Bertz CT molecular complexity index is 325. The molecule has 0 radical (unpaired) electrons. The van der Waals surface area contributed by atoms with Crippen LogP contribution in [0.25, 0.3) is 0 Å². The predicted octanol–water partition coefficient (Wildman–Crippen LogP) is 0.209. The number of rotatable bonds is 2. The van der Waals surface area contributed by atoms with Gasteiger partial charge in [0.1, 0.15) is 6.33 Å². The van der Waals surface area contributed by atoms with Crippen LogP contribution in [-0.2, 0) is 0 Å². The first kappa shape index (κ1) is 8.22. The van der Waals surface area contributed by atoms with Gasteiger partial charge in [-0.15, -0.1) is 0 Å². The molecule has 0 unspecified atom stereocenters. The Balaban J connectivity index is 2.33. The number of aromatic nitrogens is 3. The van der Waals surface area contributed by atoms with E-state index < -0.39 is 0 Å². The second-order valence-corrected chi connectivity index (χ2v) is 3.28. The highest BCUT2D eigenvalue weighted by Crippen LogP contribution is 2.06. The fourth-order valence-corrected chi connectivity index (χ4v) is 1.35. The molecule has 1 aliphatic rings. The zero-order chi connectivity index (χ0) is 9.26. The molecule has 0 aliphatic carbocycles. The molecule has 0 atom stereocenters. The van der Waals surface area contributed by atoms with E-state index in [1.54, 1.807) is 6.33 Å². The molecule has 1 N–H and O–H groups in total. The van der Waals surface area contributed by atoms with E-state index in [-0.39, 0.29) is 0 Å². The molecular weight excluding hydrogens is 166 g/mol. The van der Waals surface area contributed by atoms with Crippen molar-refractivity contribution in [3.8, 4) is 0 Å². The highest BCUT2D eigenvalue weighted by atomic mass is 15.4. The Labute approximate surface area is 76.9 Å². The number of hydrogen-bond acceptors (Lipinski definition) is 4. The summed E-state index contributed by atoms with van der Waals surface area (Å²) in [5.74, 6) is 1.71. The fourth-order valence-electron chi connectivity index (χ4n) is 1.35. The van der Waals surface area contributed by atoms with Crippen LogP contribution < -0.4 is 5.32 Å². The van der Waals surface area contributed by atoms with Crippen LogP contribution in [0.5, 0.6) is 0 Å². The van der Waals surface area contributed by atoms with Crippen molar-refractivity contribution in [1.82, 2.24) is 20.1 Å². The monoisotopic (exact) mass is 179 g/mol. The summed E-state index contributed by atoms with van der Waals surface area (Å²) >= 11 is 0. The molecular formula is C8H13N5. The van der Waals surface area contributed by atoms with Gasteiger partial charge in [-0.3, -0.25) is 4.99 Å². The van der Waals surface area contributed by atoms with Gasteiger partial charge in [-0.05, 0) is 13.8 Å². The number of amidine groups is 1. The average Bonchev–Trinajstić information content (AvgIpc) is 2.74. The molecule has 0 amide bonds. The van der Waals surface area contributed by atoms with Crippen molar-refractivity contribution in [2.45, 2.75) is 19.9 Å². The van der Waals surface area contributed by atoms with Gasteiger partial charge in [-0.2, -0.15) is 5.10 Å². The molecule has 0 fully saturated rings. The number of aliphatic imine (C=N–C) groups is 1. The van der Waals surface area contributed by atoms with E-state index in [1.807, 2.05) is 4.68 Å². The minimum Gasteiger partial charge on any atom is -0.365 e. The van der Waals surface area contributed by atoms with Crippen molar-refractivity contribution in [2.24, 2.45) is 4.99 Å². The molecule has 2 rings (SSSR count). The zero-order valence-corrected chi connectivity index (χ0v) is 7.86. The summed E-state index contributed by atoms with van der Waals surface area (Å²) < 4.78 is 1.87. The number of nitrogens with one attached hydrogen (secondary N) is 1. The summed E-state index contributed by atoms with van der Waals surface area (Å²) in [4.78, 5) is 8.48. The van der Waals surface area contributed by atoms with Crippen LogP contribution in [0, 0.1) is 0 Å². The van der Waals surface area contributed by atoms with Crippen LogP contribution in [0.4, 0.5) is 0 Å². The van der Waals surface area contributed by atoms with Crippen LogP contribution in [0.1, 0.15) is 25.7 Å². The molecule has 70 valence electrons. The maximum atomic E-state index is 4.30. The van der Waals surface area contributed by atoms with Crippen molar-refractivity contribution < 1.29 is 0 Å². The standard InChI is InChI=1S/C8H13N5/c1-6(2)13-8(11-5-12-13)7-9-3-4-10-7/h5-6H,3-4H2,1-2H3,(H,9,10). The van der Waals surface area contributed by atoms with Crippen molar-refractivity contribution in [2.75, 3.05) is 13.1 Å². The van der Waals surface area contributed by atoms with Crippen molar-refractivity contribution >= 4 is 5.84 Å². The molecule has 0 saturated carbocycles. The van der Waals surface area contributed by atoms with E-state index >= 15 is 0 Å². The second-order valence-electron chi connectivity index (χ2n) is 3.28. The normalized spacial score (nSPS) is 16.1. The number of hydrogen-bond donors (Lipinski definition) is 1. The molecule has 1 aromatic heterocycles. The van der Waals surface area contributed by atoms with E-state index in [0.29, 0.717) is 6.04 Å². The minimum absolute atomic E-state index is 0.322. The maximum Gasteiger partial charge on any atom is 0.193 e. The third kappa shape index (κ3) is 1.41. The SMILES string of the molecule is CC(C)n1ncnc1C1=NCCN1. The highest BCUT2D eigenvalue weighted by molar-refractivity contribution is 5.96. The Morgan fingerprint density at radius 1 is 1.54 bits per heavy atom. The lowest BCUT2D eigenvalue weighted by atomic mass is 10.4. The fraction of sp³-hybridized carbons (Fsp3) is 0.625. The van der Waals surface area contributed by atoms with Gasteiger partial charge >= 0.3 is 0 Å². The predicted molar refractivity (Wildman–Crippen MR) is 49.8 cm³/mol. The van der Waals surface area contributed by atoms with Crippen molar-refractivity contribution in [3.63, 3.8) is 0 Å². The molecule has 0 saturated heterocycles. The van der Waals surface area contributed by atoms with Gasteiger partial charge in [-0.25, -0.2) is 9.67 Å². The smallest absolute Gasteiger partial charge is 0.193 e. The third-order valence-corrected chi connectivity index (χ3v) is 1.95. The molecule has 5 nitrogen and oxygen atoms in total. The molecule has 13 heavy (non-hydrogen) atoms. The van der Waals surface area contributed by atoms with Crippen molar-refractivity contribution in [3.05, 3.63) is 12.2 Å². The molecule has 2 heterocycles. The van der Waals surface area contributed by atoms with Crippen LogP contribution in [0.2, 0.25) is 0 Å². The highest BCUT2D eigenvalue weighted by Gasteiger charge is 2.15. The van der Waals surface area contributed by atoms with Gasteiger partial charge in [-0.1, -0.05) is 0 Å². The Kier molecular flexibility index (Phi) is 2.00. The van der Waals surface area contributed by atoms with Gasteiger partial charge in [0.15, 0.2) is 11.7 Å². The van der Waals surface area contributed by atoms with E-state index in [0.717, 1.165) is 24.7 Å². The average molecular weight is 179 g/mol. The van der Waals surface area contributed by atoms with E-state index in [2.05, 4.69) is 34.2 Å². The number of nitrogens with zero attached hydrogens (tertiary/aromatic N) is 4. The van der Waals surface area contributed by atoms with Crippen LogP contribution >= 0.6 is 0 Å². The van der Waals surface area contributed by atoms with E-state index in [1.165, 1.54) is 0 Å². The van der Waals surface area contributed by atoms with Crippen LogP contribution in [-0.4, -0.2) is 33.7 Å². The topological polar surface area (TPSA) is 55.1 Å². The summed E-state index contributed by atoms with van der Waals surface area (Å²) in [5.41, 5.74) is 0. The summed E-state index contributed by atoms with van der Waals surface area (Å²) in [6.45, 7) is 5.89. The lowest BCUT2D eigenvalue weighted by molar-refractivity contribution is 0.526. The lowest BCUT2D eigenvalue weighted by Gasteiger charge is -2.08. The quantitative estimate of drug-likeness (QED) is 0.706.